The first-order valence-corrected chi connectivity index (χ1v) is 42.5. The Bertz CT molecular complexity index is 7270. The Morgan fingerprint density at radius 3 is 0.860 bits per heavy atom. The van der Waals surface area contributed by atoms with Gasteiger partial charge in [-0.05, 0) is 224 Å². The normalized spacial score (nSPS) is 15.6. The van der Waals surface area contributed by atoms with E-state index in [2.05, 4.69) is 329 Å². The molecule has 20 rings (SSSR count). The summed E-state index contributed by atoms with van der Waals surface area (Å²) in [5.41, 5.74) is 24.1. The molecule has 2 aliphatic heterocycles. The zero-order chi connectivity index (χ0) is 97.8. The van der Waals surface area contributed by atoms with Crippen LogP contribution in [0, 0.1) is 0 Å². The molecular weight excluding hydrogens is 1460 g/mol. The van der Waals surface area contributed by atoms with Crippen molar-refractivity contribution in [1.82, 2.24) is 9.13 Å². The van der Waals surface area contributed by atoms with Crippen LogP contribution in [0.4, 0.5) is 34.1 Å². The van der Waals surface area contributed by atoms with Crippen LogP contribution < -0.4 is 26.2 Å². The van der Waals surface area contributed by atoms with Crippen LogP contribution in [0.25, 0.3) is 99.5 Å². The van der Waals surface area contributed by atoms with Gasteiger partial charge in [0.25, 0.3) is 6.71 Å². The first kappa shape index (κ1) is 60.9. The van der Waals surface area contributed by atoms with Gasteiger partial charge in [-0.3, -0.25) is 0 Å². The van der Waals surface area contributed by atoms with Gasteiger partial charge in [0.15, 0.2) is 0 Å². The molecule has 4 heterocycles. The number of fused-ring (bicyclic) bond motifs is 12. The monoisotopic (exact) mass is 1580 g/mol. The van der Waals surface area contributed by atoms with Crippen molar-refractivity contribution in [2.75, 3.05) is 9.80 Å². The number of nitrogens with zero attached hydrogens (tertiary/aromatic N) is 4. The van der Waals surface area contributed by atoms with Crippen LogP contribution in [0.2, 0.25) is 0 Å². The number of para-hydroxylation sites is 4. The van der Waals surface area contributed by atoms with Crippen molar-refractivity contribution in [2.45, 2.75) is 169 Å². The van der Waals surface area contributed by atoms with E-state index in [9.17, 15) is 21.9 Å². The number of aromatic nitrogens is 2. The van der Waals surface area contributed by atoms with E-state index < -0.39 is 120 Å². The molecule has 0 bridgehead atoms. The number of hydrogen-bond donors (Lipinski definition) is 0. The topological polar surface area (TPSA) is 16.3 Å². The highest BCUT2D eigenvalue weighted by Gasteiger charge is 2.47. The Morgan fingerprint density at radius 1 is 0.289 bits per heavy atom. The van der Waals surface area contributed by atoms with Crippen molar-refractivity contribution in [2.24, 2.45) is 0 Å². The lowest BCUT2D eigenvalue weighted by molar-refractivity contribution is 0.589. The lowest BCUT2D eigenvalue weighted by Crippen LogP contribution is -2.61. The zero-order valence-electron chi connectivity index (χ0n) is 88.4. The molecule has 17 aromatic rings. The third kappa shape index (κ3) is 13.0. The Balaban J connectivity index is 1.05. The summed E-state index contributed by atoms with van der Waals surface area (Å²) in [7, 11) is 0. The molecule has 0 radical (unpaired) electrons. The van der Waals surface area contributed by atoms with E-state index in [-0.39, 0.29) is 65.3 Å². The van der Waals surface area contributed by atoms with E-state index in [0.717, 1.165) is 145 Å². The van der Waals surface area contributed by atoms with Gasteiger partial charge in [-0.15, -0.1) is 0 Å². The Morgan fingerprint density at radius 2 is 0.570 bits per heavy atom. The Kier molecular flexibility index (Phi) is 14.1. The zero-order valence-corrected chi connectivity index (χ0v) is 72.4. The van der Waals surface area contributed by atoms with Crippen molar-refractivity contribution >= 4 is 101 Å². The minimum Gasteiger partial charge on any atom is -0.310 e. The fraction of sp³-hybridized carbons (Fsp3) is 0.224. The lowest BCUT2D eigenvalue weighted by atomic mass is 9.33. The molecule has 0 saturated carbocycles. The minimum atomic E-state index is -0.836. The fourth-order valence-electron chi connectivity index (χ4n) is 19.1. The smallest absolute Gasteiger partial charge is 0.252 e. The molecule has 0 fully saturated rings. The first-order chi connectivity index (χ1) is 64.4. The Labute approximate surface area is 739 Å². The van der Waals surface area contributed by atoms with Gasteiger partial charge in [-0.1, -0.05) is 355 Å². The lowest BCUT2D eigenvalue weighted by Gasteiger charge is -2.47. The highest BCUT2D eigenvalue weighted by atomic mass is 15.2. The van der Waals surface area contributed by atoms with Crippen molar-refractivity contribution in [3.8, 4) is 55.9 Å². The van der Waals surface area contributed by atoms with Crippen LogP contribution in [0.5, 0.6) is 0 Å². The molecule has 596 valence electrons. The molecule has 0 N–H and O–H groups in total. The third-order valence-corrected chi connectivity index (χ3v) is 25.7. The molecule has 0 atom stereocenters. The molecule has 121 heavy (non-hydrogen) atoms. The molecule has 4 nitrogen and oxygen atoms in total. The van der Waals surface area contributed by atoms with Crippen LogP contribution in [-0.4, -0.2) is 15.8 Å². The summed E-state index contributed by atoms with van der Waals surface area (Å²) in [5, 5.41) is -0.292. The molecular formula is C116H109BN4. The first-order valence-electron chi connectivity index (χ1n) is 50.5. The predicted octanol–water partition coefficient (Wildman–Crippen LogP) is 29.5. The largest absolute Gasteiger partial charge is 0.310 e. The minimum absolute atomic E-state index is 0.0511. The van der Waals surface area contributed by atoms with E-state index in [1.807, 2.05) is 24.3 Å². The van der Waals surface area contributed by atoms with Gasteiger partial charge in [0, 0.05) is 83.8 Å². The summed E-state index contributed by atoms with van der Waals surface area (Å²) in [6.07, 6.45) is 0.654. The van der Waals surface area contributed by atoms with Crippen molar-refractivity contribution in [3.05, 3.63) is 376 Å². The van der Waals surface area contributed by atoms with Crippen LogP contribution >= 0.6 is 0 Å². The van der Waals surface area contributed by atoms with Crippen LogP contribution in [0.1, 0.15) is 214 Å². The summed E-state index contributed by atoms with van der Waals surface area (Å²) in [6, 6.07) is 71.1. The molecule has 0 spiro atoms. The molecule has 5 heteroatoms. The maximum absolute atomic E-state index is 10.1. The Hall–Kier alpha value is -12.4. The number of anilines is 6. The van der Waals surface area contributed by atoms with Gasteiger partial charge in [0.1, 0.15) is 0 Å². The summed E-state index contributed by atoms with van der Waals surface area (Å²) in [5.74, 6) is -0.484. The highest BCUT2D eigenvalue weighted by Crippen LogP contribution is 2.57. The molecule has 2 aromatic heterocycles. The molecule has 1 aliphatic carbocycles. The predicted molar refractivity (Wildman–Crippen MR) is 520 cm³/mol. The van der Waals surface area contributed by atoms with E-state index >= 15 is 0 Å². The van der Waals surface area contributed by atoms with Gasteiger partial charge in [0.2, 0.25) is 0 Å². The van der Waals surface area contributed by atoms with E-state index in [1.165, 1.54) is 0 Å². The van der Waals surface area contributed by atoms with E-state index in [4.69, 9.17) is 0 Å². The summed E-state index contributed by atoms with van der Waals surface area (Å²) >= 11 is 0. The van der Waals surface area contributed by atoms with Gasteiger partial charge >= 0.3 is 0 Å². The molecule has 15 aromatic carbocycles. The van der Waals surface area contributed by atoms with Gasteiger partial charge in [-0.25, -0.2) is 0 Å². The maximum Gasteiger partial charge on any atom is 0.252 e. The van der Waals surface area contributed by atoms with Crippen LogP contribution in [-0.2, 0) is 38.9 Å². The van der Waals surface area contributed by atoms with Crippen molar-refractivity contribution in [1.29, 1.82) is 0 Å². The third-order valence-electron chi connectivity index (χ3n) is 25.7. The number of rotatable bonds is 9. The van der Waals surface area contributed by atoms with Crippen LogP contribution in [0.15, 0.2) is 315 Å². The molecule has 3 aliphatic rings. The quantitative estimate of drug-likeness (QED) is 0.134. The second-order valence-electron chi connectivity index (χ2n) is 39.8. The SMILES string of the molecule is [2H]c1c([2H])c([2H])c2c(c1[2H])c1c([2H])c([2H])c([2H])c([2H])c1n2-c1ccc2c(c1)N(c1c(-c3ccc(C(C)(C)C)cc3)cc(C(C)(C)C)cc1-c1ccc(C(C)(C)C)cc1)c1cc(C3c4ccccc4Cc4ccccc43)cc3c1B2c1ccc(-n2c4c([2H])c([2H])c([2H])c([2H])c4c4c([2H])c([2H])c([2H])c([2H])c42)cc1N3c1c(-c2ccc(C(C)(C)C)cc2)cc(C(C)(C)C)cc1-c1ccc(C(C)(C)C)cc1. The highest BCUT2D eigenvalue weighted by molar-refractivity contribution is 7.00. The van der Waals surface area contributed by atoms with Crippen molar-refractivity contribution < 1.29 is 21.9 Å². The fourth-order valence-corrected chi connectivity index (χ4v) is 19.1. The summed E-state index contributed by atoms with van der Waals surface area (Å²) < 4.78 is 159. The average Bonchev–Trinajstić information content (AvgIpc) is 1.48. The van der Waals surface area contributed by atoms with Gasteiger partial charge < -0.3 is 18.9 Å². The van der Waals surface area contributed by atoms with E-state index in [1.54, 1.807) is 9.13 Å². The van der Waals surface area contributed by atoms with Crippen molar-refractivity contribution in [3.63, 3.8) is 0 Å². The second-order valence-corrected chi connectivity index (χ2v) is 39.8. The molecule has 0 unspecified atom stereocenters. The number of hydrogen-bond acceptors (Lipinski definition) is 2. The number of benzene rings is 15. The maximum atomic E-state index is 10.1. The molecule has 0 amide bonds. The van der Waals surface area contributed by atoms with Gasteiger partial charge in [-0.2, -0.15) is 0 Å². The summed E-state index contributed by atoms with van der Waals surface area (Å²) in [4.78, 5) is 4.86. The average molecular weight is 1590 g/mol. The second kappa shape index (κ2) is 28.1. The summed E-state index contributed by atoms with van der Waals surface area (Å²) in [6.45, 7) is 39.2. The van der Waals surface area contributed by atoms with Crippen LogP contribution in [0.3, 0.4) is 0 Å². The van der Waals surface area contributed by atoms with Gasteiger partial charge in [0.05, 0.1) is 55.4 Å². The van der Waals surface area contributed by atoms with E-state index in [0.29, 0.717) is 29.2 Å². The molecule has 0 saturated heterocycles. The standard InChI is InChI=1S/C116H109BN4/c1-111(2,3)79-51-43-72(44-52-79)93-66-83(115(13,14)15)67-94(73-45-53-80(54-46-73)112(4,5)6)109(93)120-103-70-85(118-99-39-27-23-35-89(99)90-36-24-28-40-100(90)118)59-61-97(103)117-98-62-60-86(119-101-41-29-25-37-91(101)92-38-26-30-42-102(92)119)71-104(98)121(106-65-78(64-105(120)108(106)117)107-87-33-21-19-31-76(87)63-77-32-20-22-34-88(77)107)110-95(74-47-55-81(56-48-74)113(7,8)9)68-84(116(16,17)18)69-96(110)75-49-57-82(58-50-75)114(10,11)12/h19-62,64-71,107H,63H2,1-18H3/i23D,24D,25D,26D,27D,28D,29D,30D,35D,36D,37D,38D,39D,40D,41D,42D.